The average molecular weight is 480 g/mol. The van der Waals surface area contributed by atoms with Gasteiger partial charge in [0.1, 0.15) is 0 Å². The second kappa shape index (κ2) is 11.9. The molecule has 0 unspecified atom stereocenters. The Morgan fingerprint density at radius 3 is 2.69 bits per heavy atom. The van der Waals surface area contributed by atoms with Crippen LogP contribution < -0.4 is 10.6 Å². The number of halogens is 1. The largest absolute Gasteiger partial charge is 0.382 e. The first-order chi connectivity index (χ1) is 15.5. The molecule has 3 amide bonds. The third kappa shape index (κ3) is 6.72. The Morgan fingerprint density at radius 2 is 1.97 bits per heavy atom. The molecule has 0 saturated carbocycles. The highest BCUT2D eigenvalue weighted by molar-refractivity contribution is 7.15. The number of carbonyl (C=O) groups is 3. The molecule has 0 spiro atoms. The van der Waals surface area contributed by atoms with E-state index in [1.54, 1.807) is 29.2 Å². The third-order valence-electron chi connectivity index (χ3n) is 5.01. The number of benzene rings is 1. The van der Waals surface area contributed by atoms with Crippen molar-refractivity contribution < 1.29 is 19.1 Å². The van der Waals surface area contributed by atoms with Crippen LogP contribution in [-0.2, 0) is 9.53 Å². The zero-order chi connectivity index (χ0) is 22.9. The number of ether oxygens (including phenoxy) is 1. The van der Waals surface area contributed by atoms with Crippen LogP contribution in [-0.4, -0.2) is 65.7 Å². The maximum atomic E-state index is 12.8. The summed E-state index contributed by atoms with van der Waals surface area (Å²) in [5.74, 6) is -0.826. The number of hydrogen-bond donors (Lipinski definition) is 2. The molecule has 3 rings (SSSR count). The monoisotopic (exact) mass is 479 g/mol. The second-order valence-corrected chi connectivity index (χ2v) is 8.70. The van der Waals surface area contributed by atoms with Gasteiger partial charge in [-0.2, -0.15) is 0 Å². The van der Waals surface area contributed by atoms with Crippen molar-refractivity contribution in [1.82, 2.24) is 20.4 Å². The van der Waals surface area contributed by atoms with Crippen LogP contribution >= 0.6 is 22.9 Å². The number of rotatable bonds is 9. The lowest BCUT2D eigenvalue weighted by molar-refractivity contribution is -0.126. The van der Waals surface area contributed by atoms with E-state index in [2.05, 4.69) is 20.8 Å². The predicted molar refractivity (Wildman–Crippen MR) is 122 cm³/mol. The maximum absolute atomic E-state index is 12.8. The fraction of sp³-hybridized carbons (Fsp3) is 0.476. The normalized spacial score (nSPS) is 14.2. The summed E-state index contributed by atoms with van der Waals surface area (Å²) in [5.41, 5.74) is 0.531. The van der Waals surface area contributed by atoms with Gasteiger partial charge >= 0.3 is 0 Å². The molecule has 2 heterocycles. The minimum Gasteiger partial charge on any atom is -0.382 e. The molecule has 2 N–H and O–H groups in total. The molecule has 0 atom stereocenters. The van der Waals surface area contributed by atoms with E-state index < -0.39 is 5.91 Å². The molecule has 0 radical (unpaired) electrons. The summed E-state index contributed by atoms with van der Waals surface area (Å²) in [5, 5.41) is 14.1. The van der Waals surface area contributed by atoms with Gasteiger partial charge in [-0.25, -0.2) is 0 Å². The molecule has 0 bridgehead atoms. The first-order valence-corrected chi connectivity index (χ1v) is 11.7. The molecular formula is C21H26ClN5O4S. The first-order valence-electron chi connectivity index (χ1n) is 10.5. The van der Waals surface area contributed by atoms with E-state index in [0.29, 0.717) is 56.4 Å². The Kier molecular flexibility index (Phi) is 8.95. The number of aromatic nitrogens is 2. The lowest BCUT2D eigenvalue weighted by Crippen LogP contribution is -2.43. The molecular weight excluding hydrogens is 454 g/mol. The van der Waals surface area contributed by atoms with Gasteiger partial charge in [0.15, 0.2) is 0 Å². The van der Waals surface area contributed by atoms with Crippen LogP contribution in [0.2, 0.25) is 5.02 Å². The number of piperidine rings is 1. The number of anilines is 1. The van der Waals surface area contributed by atoms with Gasteiger partial charge in [-0.1, -0.05) is 29.0 Å². The van der Waals surface area contributed by atoms with E-state index in [4.69, 9.17) is 16.3 Å². The van der Waals surface area contributed by atoms with Crippen LogP contribution in [0.3, 0.4) is 0 Å². The van der Waals surface area contributed by atoms with Crippen molar-refractivity contribution in [1.29, 1.82) is 0 Å². The van der Waals surface area contributed by atoms with Gasteiger partial charge in [-0.3, -0.25) is 14.4 Å². The molecule has 1 aliphatic heterocycles. The second-order valence-electron chi connectivity index (χ2n) is 7.28. The van der Waals surface area contributed by atoms with Crippen molar-refractivity contribution in [3.63, 3.8) is 0 Å². The fourth-order valence-electron chi connectivity index (χ4n) is 3.31. The Morgan fingerprint density at radius 1 is 1.22 bits per heavy atom. The molecule has 1 fully saturated rings. The zero-order valence-electron chi connectivity index (χ0n) is 17.8. The summed E-state index contributed by atoms with van der Waals surface area (Å²) in [6.07, 6.45) is 1.95. The van der Waals surface area contributed by atoms with Crippen molar-refractivity contribution >= 4 is 46.3 Å². The fourth-order valence-corrected chi connectivity index (χ4v) is 4.20. The lowest BCUT2D eigenvalue weighted by atomic mass is 9.96. The van der Waals surface area contributed by atoms with Gasteiger partial charge < -0.3 is 20.3 Å². The van der Waals surface area contributed by atoms with Crippen molar-refractivity contribution in [2.24, 2.45) is 5.92 Å². The first kappa shape index (κ1) is 24.1. The molecule has 172 valence electrons. The van der Waals surface area contributed by atoms with Gasteiger partial charge in [-0.05, 0) is 44.4 Å². The molecule has 1 aliphatic rings. The molecule has 1 aromatic carbocycles. The van der Waals surface area contributed by atoms with E-state index in [0.717, 1.165) is 17.8 Å². The van der Waals surface area contributed by atoms with Crippen LogP contribution in [0.4, 0.5) is 5.69 Å². The molecule has 9 nitrogen and oxygen atoms in total. The SMILES string of the molecule is CCOCCCNC(=O)C1CCN(C(=O)c2nnc(C(=O)Nc3cccc(Cl)c3)s2)CC1. The van der Waals surface area contributed by atoms with E-state index in [9.17, 15) is 14.4 Å². The summed E-state index contributed by atoms with van der Waals surface area (Å²) in [6, 6.07) is 6.74. The van der Waals surface area contributed by atoms with Crippen molar-refractivity contribution in [3.05, 3.63) is 39.3 Å². The third-order valence-corrected chi connectivity index (χ3v) is 6.15. The molecule has 1 saturated heterocycles. The molecule has 11 heteroatoms. The van der Waals surface area contributed by atoms with Gasteiger partial charge in [0.2, 0.25) is 15.9 Å². The minimum atomic E-state index is -0.455. The minimum absolute atomic E-state index is 0.0180. The number of carbonyl (C=O) groups excluding carboxylic acids is 3. The quantitative estimate of drug-likeness (QED) is 0.534. The van der Waals surface area contributed by atoms with Crippen LogP contribution in [0, 0.1) is 5.92 Å². The van der Waals surface area contributed by atoms with Gasteiger partial charge in [0.05, 0.1) is 0 Å². The summed E-state index contributed by atoms with van der Waals surface area (Å²) in [7, 11) is 0. The Balaban J connectivity index is 1.47. The summed E-state index contributed by atoms with van der Waals surface area (Å²) in [6.45, 7) is 4.74. The highest BCUT2D eigenvalue weighted by Crippen LogP contribution is 2.22. The maximum Gasteiger partial charge on any atom is 0.286 e. The summed E-state index contributed by atoms with van der Waals surface area (Å²) >= 11 is 6.86. The Labute approximate surface area is 195 Å². The van der Waals surface area contributed by atoms with Crippen LogP contribution in [0.25, 0.3) is 0 Å². The highest BCUT2D eigenvalue weighted by atomic mass is 35.5. The molecule has 1 aromatic heterocycles. The lowest BCUT2D eigenvalue weighted by Gasteiger charge is -2.30. The van der Waals surface area contributed by atoms with Gasteiger partial charge in [-0.15, -0.1) is 10.2 Å². The number of nitrogens with zero attached hydrogens (tertiary/aromatic N) is 3. The van der Waals surface area contributed by atoms with Gasteiger partial charge in [0, 0.05) is 49.5 Å². The number of likely N-dealkylation sites (tertiary alicyclic amines) is 1. The molecule has 32 heavy (non-hydrogen) atoms. The van der Waals surface area contributed by atoms with E-state index in [-0.39, 0.29) is 27.7 Å². The zero-order valence-corrected chi connectivity index (χ0v) is 19.4. The number of hydrogen-bond acceptors (Lipinski definition) is 7. The standard InChI is InChI=1S/C21H26ClN5O4S/c1-2-31-12-4-9-23-17(28)14-7-10-27(11-8-14)21(30)20-26-25-19(32-20)18(29)24-16-6-3-5-15(22)13-16/h3,5-6,13-14H,2,4,7-12H2,1H3,(H,23,28)(H,24,29). The molecule has 0 aliphatic carbocycles. The predicted octanol–water partition coefficient (Wildman–Crippen LogP) is 2.84. The smallest absolute Gasteiger partial charge is 0.286 e. The highest BCUT2D eigenvalue weighted by Gasteiger charge is 2.29. The van der Waals surface area contributed by atoms with Gasteiger partial charge in [0.25, 0.3) is 11.8 Å². The topological polar surface area (TPSA) is 114 Å². The van der Waals surface area contributed by atoms with E-state index in [1.807, 2.05) is 6.92 Å². The number of nitrogens with one attached hydrogen (secondary N) is 2. The Bertz CT molecular complexity index is 946. The van der Waals surface area contributed by atoms with Crippen molar-refractivity contribution in [3.8, 4) is 0 Å². The van der Waals surface area contributed by atoms with Crippen LogP contribution in [0.5, 0.6) is 0 Å². The Hall–Kier alpha value is -2.56. The van der Waals surface area contributed by atoms with Crippen molar-refractivity contribution in [2.75, 3.05) is 38.2 Å². The van der Waals surface area contributed by atoms with E-state index >= 15 is 0 Å². The van der Waals surface area contributed by atoms with E-state index in [1.165, 1.54) is 0 Å². The van der Waals surface area contributed by atoms with Crippen molar-refractivity contribution in [2.45, 2.75) is 26.2 Å². The van der Waals surface area contributed by atoms with Crippen LogP contribution in [0.1, 0.15) is 45.8 Å². The average Bonchev–Trinajstić information content (AvgIpc) is 3.29. The van der Waals surface area contributed by atoms with Crippen LogP contribution in [0.15, 0.2) is 24.3 Å². The molecule has 2 aromatic rings. The summed E-state index contributed by atoms with van der Waals surface area (Å²) in [4.78, 5) is 39.1. The number of amides is 3. The summed E-state index contributed by atoms with van der Waals surface area (Å²) < 4.78 is 5.26.